The normalized spacial score (nSPS) is 12.8. The zero-order valence-electron chi connectivity index (χ0n) is 52.6. The molecule has 0 aliphatic rings. The summed E-state index contributed by atoms with van der Waals surface area (Å²) in [5.41, 5.74) is 0. The molecule has 0 aromatic carbocycles. The first-order valence-electron chi connectivity index (χ1n) is 33.9. The van der Waals surface area contributed by atoms with Crippen LogP contribution in [0.5, 0.6) is 0 Å². The highest BCUT2D eigenvalue weighted by Crippen LogP contribution is 2.17. The van der Waals surface area contributed by atoms with Gasteiger partial charge in [-0.15, -0.1) is 0 Å². The third kappa shape index (κ3) is 64.9. The van der Waals surface area contributed by atoms with Gasteiger partial charge in [0.15, 0.2) is 6.10 Å². The van der Waals surface area contributed by atoms with Crippen molar-refractivity contribution in [2.75, 3.05) is 13.2 Å². The van der Waals surface area contributed by atoms with Crippen LogP contribution in [0.4, 0.5) is 0 Å². The van der Waals surface area contributed by atoms with Gasteiger partial charge in [0, 0.05) is 19.3 Å². The maximum atomic E-state index is 12.9. The first-order chi connectivity index (χ1) is 39.5. The first kappa shape index (κ1) is 76.1. The van der Waals surface area contributed by atoms with E-state index in [1.54, 1.807) is 0 Å². The summed E-state index contributed by atoms with van der Waals surface area (Å²) in [6.07, 6.45) is 92.5. The van der Waals surface area contributed by atoms with Crippen LogP contribution in [-0.4, -0.2) is 37.2 Å². The van der Waals surface area contributed by atoms with Gasteiger partial charge in [-0.05, 0) is 103 Å². The zero-order chi connectivity index (χ0) is 57.8. The Balaban J connectivity index is 4.41. The summed E-state index contributed by atoms with van der Waals surface area (Å²) in [6.45, 7) is 6.41. The topological polar surface area (TPSA) is 78.9 Å². The summed E-state index contributed by atoms with van der Waals surface area (Å²) in [4.78, 5) is 38.4. The van der Waals surface area contributed by atoms with Crippen molar-refractivity contribution in [1.82, 2.24) is 0 Å². The second kappa shape index (κ2) is 67.6. The third-order valence-corrected chi connectivity index (χ3v) is 14.5. The number of carbonyl (C=O) groups excluding carboxylic acids is 3. The number of unbranched alkanes of at least 4 members (excludes halogenated alkanes) is 32. The standard InChI is InChI=1S/C74H126O6/c1-4-7-10-13-16-19-22-25-28-31-34-35-36-37-38-41-43-46-49-52-55-58-61-64-67-73(76)79-70-71(80-74(77)68-65-62-59-56-53-50-47-44-40-33-30-27-24-21-18-15-12-9-6-3)69-78-72(75)66-63-60-57-54-51-48-45-42-39-32-29-26-23-20-17-14-11-8-5-2/h8-9,11-12,17-18,20-21,26-27,29-30,39-40,42,44,50,53,71H,4-7,10,13-16,19,22-25,28,31-38,41,43,45-49,51-52,54-70H2,1-3H3/b11-8-,12-9-,20-17-,21-18-,29-26-,30-27-,42-39-,44-40-,53-50-. The van der Waals surface area contributed by atoms with Gasteiger partial charge in [-0.2, -0.15) is 0 Å². The zero-order valence-corrected chi connectivity index (χ0v) is 52.6. The van der Waals surface area contributed by atoms with E-state index < -0.39 is 6.10 Å². The minimum absolute atomic E-state index is 0.0950. The molecule has 0 aliphatic heterocycles. The number of rotatable bonds is 61. The van der Waals surface area contributed by atoms with Crippen molar-refractivity contribution in [1.29, 1.82) is 0 Å². The van der Waals surface area contributed by atoms with Crippen molar-refractivity contribution < 1.29 is 28.6 Å². The summed E-state index contributed by atoms with van der Waals surface area (Å²) in [5, 5.41) is 0. The molecule has 0 aromatic rings. The lowest BCUT2D eigenvalue weighted by molar-refractivity contribution is -0.167. The highest BCUT2D eigenvalue weighted by atomic mass is 16.6. The molecular weight excluding hydrogens is 985 g/mol. The average molecular weight is 1110 g/mol. The Bertz CT molecular complexity index is 1610. The van der Waals surface area contributed by atoms with E-state index in [2.05, 4.69) is 130 Å². The third-order valence-electron chi connectivity index (χ3n) is 14.5. The van der Waals surface area contributed by atoms with Crippen LogP contribution in [0.3, 0.4) is 0 Å². The van der Waals surface area contributed by atoms with Gasteiger partial charge in [0.2, 0.25) is 0 Å². The van der Waals surface area contributed by atoms with E-state index in [1.165, 1.54) is 148 Å². The molecule has 0 aliphatic carbocycles. The lowest BCUT2D eigenvalue weighted by atomic mass is 10.0. The van der Waals surface area contributed by atoms with Gasteiger partial charge in [-0.1, -0.05) is 310 Å². The highest BCUT2D eigenvalue weighted by Gasteiger charge is 2.19. The Labute approximate surface area is 495 Å². The van der Waals surface area contributed by atoms with Crippen molar-refractivity contribution in [2.45, 2.75) is 329 Å². The Morgan fingerprint density at radius 3 is 0.775 bits per heavy atom. The summed E-state index contributed by atoms with van der Waals surface area (Å²) in [6, 6.07) is 0. The highest BCUT2D eigenvalue weighted by molar-refractivity contribution is 5.71. The molecule has 80 heavy (non-hydrogen) atoms. The molecule has 0 saturated carbocycles. The molecule has 1 atom stereocenters. The summed E-state index contributed by atoms with van der Waals surface area (Å²) in [5.74, 6) is -0.930. The van der Waals surface area contributed by atoms with E-state index >= 15 is 0 Å². The first-order valence-corrected chi connectivity index (χ1v) is 33.9. The molecule has 0 fully saturated rings. The fourth-order valence-corrected chi connectivity index (χ4v) is 9.52. The predicted octanol–water partition coefficient (Wildman–Crippen LogP) is 23.4. The second-order valence-electron chi connectivity index (χ2n) is 22.3. The molecule has 0 amide bonds. The SMILES string of the molecule is CC/C=C\C/C=C\C/C=C\C/C=C\C/C=C\CCCCCC(=O)OC(COC(=O)CCCCCCCC/C=C\C/C=C\C/C=C\C/C=C\CC)COC(=O)CCCCCCCCCCCCCCCCCCCCCCCCCC. The Hall–Kier alpha value is -3.93. The Morgan fingerprint density at radius 2 is 0.487 bits per heavy atom. The van der Waals surface area contributed by atoms with Crippen molar-refractivity contribution >= 4 is 17.9 Å². The maximum Gasteiger partial charge on any atom is 0.306 e. The number of carbonyl (C=O) groups is 3. The van der Waals surface area contributed by atoms with Crippen molar-refractivity contribution in [3.05, 3.63) is 109 Å². The molecule has 0 saturated heterocycles. The molecule has 1 unspecified atom stereocenters. The van der Waals surface area contributed by atoms with Crippen LogP contribution >= 0.6 is 0 Å². The van der Waals surface area contributed by atoms with E-state index in [4.69, 9.17) is 14.2 Å². The fraction of sp³-hybridized carbons (Fsp3) is 0.716. The molecule has 458 valence electrons. The minimum Gasteiger partial charge on any atom is -0.462 e. The van der Waals surface area contributed by atoms with Crippen molar-refractivity contribution in [3.63, 3.8) is 0 Å². The predicted molar refractivity (Wildman–Crippen MR) is 348 cm³/mol. The van der Waals surface area contributed by atoms with Crippen LogP contribution in [0.25, 0.3) is 0 Å². The van der Waals surface area contributed by atoms with Gasteiger partial charge in [-0.25, -0.2) is 0 Å². The molecule has 6 nitrogen and oxygen atoms in total. The summed E-state index contributed by atoms with van der Waals surface area (Å²) < 4.78 is 16.9. The lowest BCUT2D eigenvalue weighted by Crippen LogP contribution is -2.30. The van der Waals surface area contributed by atoms with Crippen LogP contribution < -0.4 is 0 Å². The molecule has 0 heterocycles. The van der Waals surface area contributed by atoms with Crippen molar-refractivity contribution in [3.8, 4) is 0 Å². The molecule has 0 aromatic heterocycles. The maximum absolute atomic E-state index is 12.9. The van der Waals surface area contributed by atoms with Crippen LogP contribution in [-0.2, 0) is 28.6 Å². The van der Waals surface area contributed by atoms with Crippen LogP contribution in [0, 0.1) is 0 Å². The van der Waals surface area contributed by atoms with Crippen LogP contribution in [0.1, 0.15) is 323 Å². The van der Waals surface area contributed by atoms with Crippen LogP contribution in [0.2, 0.25) is 0 Å². The molecule has 6 heteroatoms. The van der Waals surface area contributed by atoms with Crippen LogP contribution in [0.15, 0.2) is 109 Å². The number of hydrogen-bond donors (Lipinski definition) is 0. The monoisotopic (exact) mass is 1110 g/mol. The number of ether oxygens (including phenoxy) is 3. The van der Waals surface area contributed by atoms with Gasteiger partial charge in [-0.3, -0.25) is 14.4 Å². The molecular formula is C74H126O6. The molecule has 0 radical (unpaired) electrons. The van der Waals surface area contributed by atoms with Gasteiger partial charge >= 0.3 is 17.9 Å². The number of hydrogen-bond acceptors (Lipinski definition) is 6. The molecule has 0 spiro atoms. The van der Waals surface area contributed by atoms with Gasteiger partial charge < -0.3 is 14.2 Å². The van der Waals surface area contributed by atoms with Gasteiger partial charge in [0.1, 0.15) is 13.2 Å². The lowest BCUT2D eigenvalue weighted by Gasteiger charge is -2.18. The summed E-state index contributed by atoms with van der Waals surface area (Å²) >= 11 is 0. The second-order valence-corrected chi connectivity index (χ2v) is 22.3. The smallest absolute Gasteiger partial charge is 0.306 e. The summed E-state index contributed by atoms with van der Waals surface area (Å²) in [7, 11) is 0. The molecule has 0 bridgehead atoms. The average Bonchev–Trinajstić information content (AvgIpc) is 3.46. The van der Waals surface area contributed by atoms with Gasteiger partial charge in [0.25, 0.3) is 0 Å². The quantitative estimate of drug-likeness (QED) is 0.0261. The van der Waals surface area contributed by atoms with E-state index in [1.807, 2.05) is 0 Å². The van der Waals surface area contributed by atoms with E-state index in [0.29, 0.717) is 12.8 Å². The van der Waals surface area contributed by atoms with Crippen molar-refractivity contribution in [2.24, 2.45) is 0 Å². The van der Waals surface area contributed by atoms with E-state index in [9.17, 15) is 14.4 Å². The molecule has 0 rings (SSSR count). The number of allylic oxidation sites excluding steroid dienone is 18. The van der Waals surface area contributed by atoms with E-state index in [-0.39, 0.29) is 37.5 Å². The Kier molecular flexibility index (Phi) is 64.3. The Morgan fingerprint density at radius 1 is 0.263 bits per heavy atom. The van der Waals surface area contributed by atoms with Gasteiger partial charge in [0.05, 0.1) is 0 Å². The van der Waals surface area contributed by atoms with E-state index in [0.717, 1.165) is 135 Å². The largest absolute Gasteiger partial charge is 0.462 e. The molecule has 0 N–H and O–H groups in total. The minimum atomic E-state index is -0.805. The fourth-order valence-electron chi connectivity index (χ4n) is 9.52. The number of esters is 3.